The monoisotopic (exact) mass is 262 g/mol. The lowest BCUT2D eigenvalue weighted by Crippen LogP contribution is -2.47. The lowest BCUT2D eigenvalue weighted by Gasteiger charge is -2.35. The van der Waals surface area contributed by atoms with Crippen LogP contribution >= 0.6 is 0 Å². The van der Waals surface area contributed by atoms with Gasteiger partial charge in [-0.05, 0) is 26.3 Å². The van der Waals surface area contributed by atoms with Gasteiger partial charge in [0.25, 0.3) is 0 Å². The molecule has 104 valence electrons. The number of hydroxylamine groups is 2. The molecule has 1 saturated heterocycles. The first-order valence-electron chi connectivity index (χ1n) is 6.73. The molecule has 0 bridgehead atoms. The Bertz CT molecular complexity index is 426. The van der Waals surface area contributed by atoms with Crippen LogP contribution in [0.4, 0.5) is 0 Å². The van der Waals surface area contributed by atoms with Gasteiger partial charge in [-0.25, -0.2) is 4.79 Å². The summed E-state index contributed by atoms with van der Waals surface area (Å²) in [4.78, 5) is 17.6. The second-order valence-corrected chi connectivity index (χ2v) is 5.90. The number of piperazine rings is 1. The summed E-state index contributed by atoms with van der Waals surface area (Å²) >= 11 is 0. The van der Waals surface area contributed by atoms with Crippen LogP contribution < -0.4 is 5.32 Å². The third kappa shape index (κ3) is 3.55. The van der Waals surface area contributed by atoms with Gasteiger partial charge in [-0.2, -0.15) is 0 Å². The second kappa shape index (κ2) is 5.72. The molecule has 0 aromatic heterocycles. The molecule has 1 aliphatic rings. The lowest BCUT2D eigenvalue weighted by atomic mass is 9.97. The molecule has 4 heteroatoms. The van der Waals surface area contributed by atoms with Gasteiger partial charge < -0.3 is 10.2 Å². The van der Waals surface area contributed by atoms with E-state index in [1.807, 2.05) is 39.0 Å². The van der Waals surface area contributed by atoms with Crippen molar-refractivity contribution in [1.82, 2.24) is 10.4 Å². The fourth-order valence-corrected chi connectivity index (χ4v) is 2.00. The van der Waals surface area contributed by atoms with E-state index in [0.29, 0.717) is 6.54 Å². The number of nitrogens with zero attached hydrogens (tertiary/aromatic N) is 1. The summed E-state index contributed by atoms with van der Waals surface area (Å²) in [5, 5.41) is 5.15. The van der Waals surface area contributed by atoms with Crippen LogP contribution in [0.2, 0.25) is 0 Å². The SMILES string of the molecule is CC(C)(C)C(=O)ON1CCNCC1c1ccccc1. The first-order valence-corrected chi connectivity index (χ1v) is 6.73. The van der Waals surface area contributed by atoms with E-state index in [1.54, 1.807) is 5.06 Å². The van der Waals surface area contributed by atoms with Gasteiger partial charge in [-0.3, -0.25) is 0 Å². The molecule has 1 unspecified atom stereocenters. The number of rotatable bonds is 2. The molecule has 0 amide bonds. The van der Waals surface area contributed by atoms with Crippen LogP contribution in [0.1, 0.15) is 32.4 Å². The minimum atomic E-state index is -0.480. The second-order valence-electron chi connectivity index (χ2n) is 5.90. The van der Waals surface area contributed by atoms with Crippen LogP contribution in [0.3, 0.4) is 0 Å². The van der Waals surface area contributed by atoms with Crippen molar-refractivity contribution in [2.75, 3.05) is 19.6 Å². The van der Waals surface area contributed by atoms with Crippen molar-refractivity contribution in [3.63, 3.8) is 0 Å². The van der Waals surface area contributed by atoms with E-state index in [9.17, 15) is 4.79 Å². The molecular weight excluding hydrogens is 240 g/mol. The molecular formula is C15H22N2O2. The Labute approximate surface area is 114 Å². The average Bonchev–Trinajstić information content (AvgIpc) is 2.39. The molecule has 4 nitrogen and oxygen atoms in total. The third-order valence-electron chi connectivity index (χ3n) is 3.19. The fourth-order valence-electron chi connectivity index (χ4n) is 2.00. The zero-order valence-corrected chi connectivity index (χ0v) is 11.8. The Morgan fingerprint density at radius 1 is 1.32 bits per heavy atom. The Hall–Kier alpha value is -1.39. The third-order valence-corrected chi connectivity index (χ3v) is 3.19. The highest BCUT2D eigenvalue weighted by Gasteiger charge is 2.31. The number of carbonyl (C=O) groups is 1. The van der Waals surface area contributed by atoms with Crippen LogP contribution in [0, 0.1) is 5.41 Å². The van der Waals surface area contributed by atoms with Crippen molar-refractivity contribution in [2.24, 2.45) is 5.41 Å². The van der Waals surface area contributed by atoms with E-state index in [1.165, 1.54) is 0 Å². The number of carbonyl (C=O) groups excluding carboxylic acids is 1. The topological polar surface area (TPSA) is 41.6 Å². The van der Waals surface area contributed by atoms with Gasteiger partial charge >= 0.3 is 5.97 Å². The lowest BCUT2D eigenvalue weighted by molar-refractivity contribution is -0.215. The summed E-state index contributed by atoms with van der Waals surface area (Å²) in [6, 6.07) is 10.2. The predicted octanol–water partition coefficient (Wildman–Crippen LogP) is 2.14. The summed E-state index contributed by atoms with van der Waals surface area (Å²) in [7, 11) is 0. The van der Waals surface area contributed by atoms with Crippen molar-refractivity contribution in [1.29, 1.82) is 0 Å². The Morgan fingerprint density at radius 2 is 2.00 bits per heavy atom. The van der Waals surface area contributed by atoms with E-state index in [2.05, 4.69) is 17.4 Å². The summed E-state index contributed by atoms with van der Waals surface area (Å²) in [5.74, 6) is -0.185. The molecule has 19 heavy (non-hydrogen) atoms. The van der Waals surface area contributed by atoms with E-state index in [-0.39, 0.29) is 12.0 Å². The Balaban J connectivity index is 2.11. The molecule has 1 N–H and O–H groups in total. The standard InChI is InChI=1S/C15H22N2O2/c1-15(2,3)14(18)19-17-10-9-16-11-13(17)12-7-5-4-6-8-12/h4-8,13,16H,9-11H2,1-3H3. The summed E-state index contributed by atoms with van der Waals surface area (Å²) < 4.78 is 0. The van der Waals surface area contributed by atoms with E-state index >= 15 is 0 Å². The maximum Gasteiger partial charge on any atom is 0.330 e. The molecule has 1 atom stereocenters. The van der Waals surface area contributed by atoms with Crippen molar-refractivity contribution >= 4 is 5.97 Å². The maximum absolute atomic E-state index is 12.0. The van der Waals surface area contributed by atoms with Crippen LogP contribution in [0.15, 0.2) is 30.3 Å². The molecule has 0 saturated carbocycles. The number of hydrogen-bond donors (Lipinski definition) is 1. The highest BCUT2D eigenvalue weighted by molar-refractivity contribution is 5.75. The molecule has 0 radical (unpaired) electrons. The molecule has 1 aromatic rings. The quantitative estimate of drug-likeness (QED) is 0.886. The molecule has 1 aliphatic heterocycles. The van der Waals surface area contributed by atoms with Crippen molar-refractivity contribution in [3.05, 3.63) is 35.9 Å². The Morgan fingerprint density at radius 3 is 2.63 bits per heavy atom. The first kappa shape index (κ1) is 14.0. The molecule has 1 heterocycles. The first-order chi connectivity index (χ1) is 8.98. The van der Waals surface area contributed by atoms with Gasteiger partial charge in [0.05, 0.1) is 11.5 Å². The van der Waals surface area contributed by atoms with E-state index in [4.69, 9.17) is 4.84 Å². The summed E-state index contributed by atoms with van der Waals surface area (Å²) in [6.07, 6.45) is 0. The highest BCUT2D eigenvalue weighted by atomic mass is 16.7. The Kier molecular flexibility index (Phi) is 4.22. The van der Waals surface area contributed by atoms with Gasteiger partial charge in [0.15, 0.2) is 0 Å². The molecule has 1 aromatic carbocycles. The van der Waals surface area contributed by atoms with Gasteiger partial charge in [0, 0.05) is 19.6 Å². The number of nitrogens with one attached hydrogen (secondary N) is 1. The van der Waals surface area contributed by atoms with Crippen LogP contribution in [0.5, 0.6) is 0 Å². The predicted molar refractivity (Wildman–Crippen MR) is 74.3 cm³/mol. The van der Waals surface area contributed by atoms with E-state index < -0.39 is 5.41 Å². The van der Waals surface area contributed by atoms with Crippen LogP contribution in [-0.4, -0.2) is 30.7 Å². The molecule has 0 spiro atoms. The highest BCUT2D eigenvalue weighted by Crippen LogP contribution is 2.25. The number of benzene rings is 1. The largest absolute Gasteiger partial charge is 0.367 e. The molecule has 0 aliphatic carbocycles. The normalized spacial score (nSPS) is 21.1. The average molecular weight is 262 g/mol. The van der Waals surface area contributed by atoms with Gasteiger partial charge in [0.2, 0.25) is 0 Å². The minimum Gasteiger partial charge on any atom is -0.367 e. The fraction of sp³-hybridized carbons (Fsp3) is 0.533. The van der Waals surface area contributed by atoms with E-state index in [0.717, 1.165) is 18.7 Å². The smallest absolute Gasteiger partial charge is 0.330 e. The van der Waals surface area contributed by atoms with Gasteiger partial charge in [-0.15, -0.1) is 5.06 Å². The zero-order valence-electron chi connectivity index (χ0n) is 11.8. The van der Waals surface area contributed by atoms with Crippen molar-refractivity contribution in [2.45, 2.75) is 26.8 Å². The van der Waals surface area contributed by atoms with Crippen molar-refractivity contribution < 1.29 is 9.63 Å². The van der Waals surface area contributed by atoms with Crippen LogP contribution in [-0.2, 0) is 9.63 Å². The molecule has 2 rings (SSSR count). The minimum absolute atomic E-state index is 0.0845. The van der Waals surface area contributed by atoms with Gasteiger partial charge in [-0.1, -0.05) is 30.3 Å². The number of hydrogen-bond acceptors (Lipinski definition) is 4. The van der Waals surface area contributed by atoms with Crippen molar-refractivity contribution in [3.8, 4) is 0 Å². The summed E-state index contributed by atoms with van der Waals surface area (Å²) in [6.45, 7) is 7.95. The molecule has 1 fully saturated rings. The summed E-state index contributed by atoms with van der Waals surface area (Å²) in [5.41, 5.74) is 0.683. The van der Waals surface area contributed by atoms with Crippen LogP contribution in [0.25, 0.3) is 0 Å². The maximum atomic E-state index is 12.0. The van der Waals surface area contributed by atoms with Gasteiger partial charge in [0.1, 0.15) is 0 Å². The zero-order chi connectivity index (χ0) is 13.9.